The number of pyridine rings is 1. The molecule has 0 aliphatic heterocycles. The summed E-state index contributed by atoms with van der Waals surface area (Å²) in [5, 5.41) is 11.3. The first-order valence-corrected chi connectivity index (χ1v) is 8.46. The summed E-state index contributed by atoms with van der Waals surface area (Å²) < 4.78 is 7.71. The van der Waals surface area contributed by atoms with Crippen molar-refractivity contribution in [1.29, 1.82) is 0 Å². The van der Waals surface area contributed by atoms with Crippen molar-refractivity contribution in [3.8, 4) is 11.5 Å². The molecular formula is C20H18N6O. The zero-order valence-corrected chi connectivity index (χ0v) is 14.5. The lowest BCUT2D eigenvalue weighted by Gasteiger charge is -2.09. The average molecular weight is 358 g/mol. The third kappa shape index (κ3) is 4.04. The van der Waals surface area contributed by atoms with Gasteiger partial charge >= 0.3 is 0 Å². The molecule has 4 aromatic rings. The van der Waals surface area contributed by atoms with E-state index in [1.54, 1.807) is 0 Å². The Morgan fingerprint density at radius 3 is 2.67 bits per heavy atom. The maximum atomic E-state index is 6.01. The van der Waals surface area contributed by atoms with Crippen LogP contribution in [-0.4, -0.2) is 20.6 Å². The first kappa shape index (κ1) is 16.6. The van der Waals surface area contributed by atoms with E-state index in [1.807, 2.05) is 83.4 Å². The van der Waals surface area contributed by atoms with Crippen LogP contribution in [0.4, 0.5) is 5.69 Å². The van der Waals surface area contributed by atoms with Crippen molar-refractivity contribution < 1.29 is 4.74 Å². The molecular weight excluding hydrogens is 340 g/mol. The monoisotopic (exact) mass is 358 g/mol. The van der Waals surface area contributed by atoms with E-state index >= 15 is 0 Å². The third-order valence-electron chi connectivity index (χ3n) is 3.86. The van der Waals surface area contributed by atoms with E-state index in [0.717, 1.165) is 22.9 Å². The molecule has 0 radical (unpaired) electrons. The molecule has 7 heteroatoms. The molecule has 27 heavy (non-hydrogen) atoms. The number of para-hydroxylation sites is 1. The van der Waals surface area contributed by atoms with Crippen molar-refractivity contribution >= 4 is 17.3 Å². The van der Waals surface area contributed by atoms with Gasteiger partial charge in [0.25, 0.3) is 0 Å². The molecule has 3 N–H and O–H groups in total. The molecule has 0 fully saturated rings. The fourth-order valence-corrected chi connectivity index (χ4v) is 2.60. The zero-order valence-electron chi connectivity index (χ0n) is 14.5. The highest BCUT2D eigenvalue weighted by molar-refractivity contribution is 5.92. The summed E-state index contributed by atoms with van der Waals surface area (Å²) in [6.45, 7) is 0.324. The van der Waals surface area contributed by atoms with Crippen LogP contribution in [0.15, 0.2) is 84.0 Å². The quantitative estimate of drug-likeness (QED) is 0.421. The van der Waals surface area contributed by atoms with Crippen molar-refractivity contribution in [2.45, 2.75) is 6.54 Å². The molecule has 0 atom stereocenters. The number of rotatable bonds is 5. The second-order valence-corrected chi connectivity index (χ2v) is 5.81. The summed E-state index contributed by atoms with van der Waals surface area (Å²) in [6, 6.07) is 22.9. The van der Waals surface area contributed by atoms with E-state index in [4.69, 9.17) is 10.5 Å². The number of fused-ring (bicyclic) bond motifs is 1. The Balaban J connectivity index is 1.44. The van der Waals surface area contributed by atoms with Gasteiger partial charge in [-0.1, -0.05) is 30.3 Å². The Bertz CT molecular complexity index is 1070. The third-order valence-corrected chi connectivity index (χ3v) is 3.86. The van der Waals surface area contributed by atoms with E-state index < -0.39 is 0 Å². The SMILES string of the molecule is NC(=NCc1nnc2ccccn12)Nc1cccc(Oc2ccccc2)c1. The molecule has 0 aliphatic rings. The molecule has 0 amide bonds. The minimum absolute atomic E-state index is 0.291. The molecule has 0 unspecified atom stereocenters. The largest absolute Gasteiger partial charge is 0.457 e. The molecule has 0 saturated heterocycles. The van der Waals surface area contributed by atoms with Gasteiger partial charge < -0.3 is 15.8 Å². The summed E-state index contributed by atoms with van der Waals surface area (Å²) >= 11 is 0. The normalized spacial score (nSPS) is 11.5. The van der Waals surface area contributed by atoms with Crippen molar-refractivity contribution in [3.63, 3.8) is 0 Å². The highest BCUT2D eigenvalue weighted by Crippen LogP contribution is 2.23. The molecule has 7 nitrogen and oxygen atoms in total. The molecule has 4 rings (SSSR count). The first-order chi connectivity index (χ1) is 13.3. The van der Waals surface area contributed by atoms with Gasteiger partial charge in [0.1, 0.15) is 18.0 Å². The molecule has 134 valence electrons. The number of aliphatic imine (C=N–C) groups is 1. The predicted molar refractivity (Wildman–Crippen MR) is 105 cm³/mol. The van der Waals surface area contributed by atoms with Crippen molar-refractivity contribution in [3.05, 3.63) is 84.8 Å². The van der Waals surface area contributed by atoms with Gasteiger partial charge in [0.15, 0.2) is 17.4 Å². The van der Waals surface area contributed by atoms with Crippen LogP contribution in [0.25, 0.3) is 5.65 Å². The van der Waals surface area contributed by atoms with Crippen LogP contribution < -0.4 is 15.8 Å². The van der Waals surface area contributed by atoms with Crippen LogP contribution in [0.3, 0.4) is 0 Å². The number of anilines is 1. The summed E-state index contributed by atoms with van der Waals surface area (Å²) in [5.41, 5.74) is 7.58. The summed E-state index contributed by atoms with van der Waals surface area (Å²) in [5.74, 6) is 2.49. The minimum Gasteiger partial charge on any atom is -0.457 e. The lowest BCUT2D eigenvalue weighted by Crippen LogP contribution is -2.22. The van der Waals surface area contributed by atoms with Gasteiger partial charge in [0.05, 0.1) is 0 Å². The van der Waals surface area contributed by atoms with Crippen LogP contribution in [0.1, 0.15) is 5.82 Å². The van der Waals surface area contributed by atoms with Crippen molar-refractivity contribution in [2.75, 3.05) is 5.32 Å². The van der Waals surface area contributed by atoms with E-state index in [9.17, 15) is 0 Å². The Labute approximate surface area is 156 Å². The maximum Gasteiger partial charge on any atom is 0.193 e. The minimum atomic E-state index is 0.291. The highest BCUT2D eigenvalue weighted by atomic mass is 16.5. The molecule has 0 aliphatic carbocycles. The number of nitrogens with two attached hydrogens (primary N) is 1. The number of benzene rings is 2. The molecule has 2 aromatic heterocycles. The average Bonchev–Trinajstić information content (AvgIpc) is 3.11. The molecule has 2 aromatic carbocycles. The first-order valence-electron chi connectivity index (χ1n) is 8.46. The molecule has 0 saturated carbocycles. The van der Waals surface area contributed by atoms with E-state index in [1.165, 1.54) is 0 Å². The smallest absolute Gasteiger partial charge is 0.193 e. The number of hydrogen-bond acceptors (Lipinski definition) is 4. The van der Waals surface area contributed by atoms with E-state index in [2.05, 4.69) is 20.5 Å². The predicted octanol–water partition coefficient (Wildman–Crippen LogP) is 3.45. The van der Waals surface area contributed by atoms with Gasteiger partial charge in [-0.05, 0) is 36.4 Å². The fourth-order valence-electron chi connectivity index (χ4n) is 2.60. The second-order valence-electron chi connectivity index (χ2n) is 5.81. The Morgan fingerprint density at radius 2 is 1.78 bits per heavy atom. The van der Waals surface area contributed by atoms with Crippen molar-refractivity contribution in [1.82, 2.24) is 14.6 Å². The van der Waals surface area contributed by atoms with Crippen molar-refractivity contribution in [2.24, 2.45) is 10.7 Å². The van der Waals surface area contributed by atoms with Crippen LogP contribution >= 0.6 is 0 Å². The van der Waals surface area contributed by atoms with Gasteiger partial charge in [-0.3, -0.25) is 4.40 Å². The standard InChI is InChI=1S/C20H18N6O/c21-20(22-14-19-25-24-18-11-4-5-12-26(18)19)23-15-7-6-10-17(13-15)27-16-8-2-1-3-9-16/h1-13H,14H2,(H3,21,22,23). The maximum absolute atomic E-state index is 6.01. The fraction of sp³-hybridized carbons (Fsp3) is 0.0500. The number of hydrogen-bond donors (Lipinski definition) is 2. The van der Waals surface area contributed by atoms with E-state index in [0.29, 0.717) is 18.3 Å². The number of ether oxygens (including phenoxy) is 1. The Kier molecular flexibility index (Phi) is 4.65. The summed E-state index contributed by atoms with van der Waals surface area (Å²) in [6.07, 6.45) is 1.90. The second kappa shape index (κ2) is 7.57. The number of nitrogens with one attached hydrogen (secondary N) is 1. The number of aromatic nitrogens is 3. The zero-order chi connectivity index (χ0) is 18.5. The summed E-state index contributed by atoms with van der Waals surface area (Å²) in [7, 11) is 0. The van der Waals surface area contributed by atoms with Gasteiger partial charge in [-0.25, -0.2) is 4.99 Å². The van der Waals surface area contributed by atoms with Crippen LogP contribution in [0.5, 0.6) is 11.5 Å². The van der Waals surface area contributed by atoms with Gasteiger partial charge in [-0.2, -0.15) is 0 Å². The van der Waals surface area contributed by atoms with Crippen LogP contribution in [-0.2, 0) is 6.54 Å². The number of guanidine groups is 1. The van der Waals surface area contributed by atoms with Gasteiger partial charge in [0, 0.05) is 18.0 Å². The van der Waals surface area contributed by atoms with Crippen LogP contribution in [0, 0.1) is 0 Å². The molecule has 0 bridgehead atoms. The summed E-state index contributed by atoms with van der Waals surface area (Å²) in [4.78, 5) is 4.34. The number of nitrogens with zero attached hydrogens (tertiary/aromatic N) is 4. The highest BCUT2D eigenvalue weighted by Gasteiger charge is 2.04. The van der Waals surface area contributed by atoms with Gasteiger partial charge in [-0.15, -0.1) is 10.2 Å². The molecule has 0 spiro atoms. The Morgan fingerprint density at radius 1 is 0.963 bits per heavy atom. The topological polar surface area (TPSA) is 89.8 Å². The van der Waals surface area contributed by atoms with Gasteiger partial charge in [0.2, 0.25) is 0 Å². The lowest BCUT2D eigenvalue weighted by molar-refractivity contribution is 0.483. The van der Waals surface area contributed by atoms with Crippen LogP contribution in [0.2, 0.25) is 0 Å². The molecule has 2 heterocycles. The Hall–Kier alpha value is -3.87. The lowest BCUT2D eigenvalue weighted by atomic mass is 10.3. The van der Waals surface area contributed by atoms with E-state index in [-0.39, 0.29) is 0 Å².